The maximum absolute atomic E-state index is 6.34. The molecule has 3 heteroatoms. The van der Waals surface area contributed by atoms with Crippen LogP contribution >= 0.6 is 0 Å². The molecule has 2 N–H and O–H groups in total. The van der Waals surface area contributed by atoms with Gasteiger partial charge >= 0.3 is 0 Å². The first-order valence-corrected chi connectivity index (χ1v) is 8.09. The summed E-state index contributed by atoms with van der Waals surface area (Å²) in [6.07, 6.45) is 6.52. The topological polar surface area (TPSA) is 32.5 Å². The highest BCUT2D eigenvalue weighted by atomic mass is 15.2. The molecule has 2 fully saturated rings. The molecule has 1 aromatic rings. The third-order valence-corrected chi connectivity index (χ3v) is 4.96. The molecule has 2 aliphatic rings. The highest BCUT2D eigenvalue weighted by Gasteiger charge is 2.27. The van der Waals surface area contributed by atoms with E-state index in [0.717, 1.165) is 18.8 Å². The summed E-state index contributed by atoms with van der Waals surface area (Å²) in [5, 5.41) is 0. The predicted molar refractivity (Wildman–Crippen MR) is 87.6 cm³/mol. The van der Waals surface area contributed by atoms with Gasteiger partial charge in [0.1, 0.15) is 0 Å². The predicted octanol–water partition coefficient (Wildman–Crippen LogP) is 3.64. The van der Waals surface area contributed by atoms with Gasteiger partial charge in [-0.25, -0.2) is 0 Å². The van der Waals surface area contributed by atoms with Crippen LogP contribution in [0.4, 0.5) is 17.1 Å². The lowest BCUT2D eigenvalue weighted by molar-refractivity contribution is 0.578. The minimum atomic E-state index is 0.630. The summed E-state index contributed by atoms with van der Waals surface area (Å²) in [7, 11) is 0. The molecule has 0 aliphatic carbocycles. The molecule has 0 spiro atoms. The van der Waals surface area contributed by atoms with Crippen LogP contribution in [-0.4, -0.2) is 25.2 Å². The van der Waals surface area contributed by atoms with E-state index in [9.17, 15) is 0 Å². The number of benzene rings is 1. The van der Waals surface area contributed by atoms with Crippen molar-refractivity contribution < 1.29 is 0 Å². The van der Waals surface area contributed by atoms with Crippen LogP contribution in [0.3, 0.4) is 0 Å². The lowest BCUT2D eigenvalue weighted by Gasteiger charge is -2.32. The largest absolute Gasteiger partial charge is 0.397 e. The summed E-state index contributed by atoms with van der Waals surface area (Å²) in [4.78, 5) is 4.97. The third-order valence-electron chi connectivity index (χ3n) is 4.96. The number of hydrogen-bond donors (Lipinski definition) is 1. The molecule has 2 heterocycles. The number of anilines is 3. The fourth-order valence-corrected chi connectivity index (χ4v) is 3.83. The van der Waals surface area contributed by atoms with Gasteiger partial charge in [0.15, 0.2) is 0 Å². The van der Waals surface area contributed by atoms with Gasteiger partial charge in [-0.15, -0.1) is 0 Å². The maximum atomic E-state index is 6.34. The zero-order valence-corrected chi connectivity index (χ0v) is 12.8. The summed E-state index contributed by atoms with van der Waals surface area (Å²) in [6.45, 7) is 6.94. The molecule has 0 saturated carbocycles. The quantitative estimate of drug-likeness (QED) is 0.835. The summed E-state index contributed by atoms with van der Waals surface area (Å²) >= 11 is 0. The first-order chi connectivity index (χ1) is 9.66. The fourth-order valence-electron chi connectivity index (χ4n) is 3.83. The van der Waals surface area contributed by atoms with Crippen molar-refractivity contribution in [2.45, 2.75) is 58.0 Å². The Hall–Kier alpha value is -1.38. The Morgan fingerprint density at radius 3 is 2.25 bits per heavy atom. The average molecular weight is 273 g/mol. The Labute approximate surface area is 122 Å². The lowest BCUT2D eigenvalue weighted by Crippen LogP contribution is -2.33. The van der Waals surface area contributed by atoms with Crippen molar-refractivity contribution in [3.8, 4) is 0 Å². The zero-order chi connectivity index (χ0) is 14.1. The number of nitrogen functional groups attached to an aromatic ring is 1. The normalized spacial score (nSPS) is 27.1. The Kier molecular flexibility index (Phi) is 3.77. The van der Waals surface area contributed by atoms with Gasteiger partial charge in [0.2, 0.25) is 0 Å². The van der Waals surface area contributed by atoms with Crippen molar-refractivity contribution in [1.82, 2.24) is 0 Å². The number of rotatable bonds is 2. The number of piperidine rings is 1. The van der Waals surface area contributed by atoms with E-state index in [4.69, 9.17) is 5.73 Å². The van der Waals surface area contributed by atoms with E-state index < -0.39 is 0 Å². The van der Waals surface area contributed by atoms with Crippen LogP contribution in [0.2, 0.25) is 0 Å². The Morgan fingerprint density at radius 1 is 1.00 bits per heavy atom. The van der Waals surface area contributed by atoms with Crippen LogP contribution < -0.4 is 15.5 Å². The smallest absolute Gasteiger partial charge is 0.0601 e. The monoisotopic (exact) mass is 273 g/mol. The molecule has 110 valence electrons. The molecular formula is C17H27N3. The molecule has 0 aromatic heterocycles. The molecule has 0 bridgehead atoms. The van der Waals surface area contributed by atoms with E-state index in [-0.39, 0.29) is 0 Å². The Balaban J connectivity index is 1.83. The van der Waals surface area contributed by atoms with E-state index in [2.05, 4.69) is 41.8 Å². The fraction of sp³-hybridized carbons (Fsp3) is 0.647. The van der Waals surface area contributed by atoms with Gasteiger partial charge in [0, 0.05) is 30.9 Å². The third kappa shape index (κ3) is 2.46. The van der Waals surface area contributed by atoms with Crippen LogP contribution in [-0.2, 0) is 0 Å². The van der Waals surface area contributed by atoms with Gasteiger partial charge in [-0.3, -0.25) is 0 Å². The molecular weight excluding hydrogens is 246 g/mol. The SMILES string of the molecule is CC1CCC(C)N1c1ccc(N2CCCCC2)c(N)c1. The van der Waals surface area contributed by atoms with Gasteiger partial charge in [0.25, 0.3) is 0 Å². The molecule has 3 rings (SSSR count). The van der Waals surface area contributed by atoms with Crippen molar-refractivity contribution in [2.75, 3.05) is 28.6 Å². The second kappa shape index (κ2) is 5.55. The summed E-state index contributed by atoms with van der Waals surface area (Å²) in [5.74, 6) is 0. The van der Waals surface area contributed by atoms with Crippen molar-refractivity contribution in [2.24, 2.45) is 0 Å². The molecule has 0 amide bonds. The molecule has 0 radical (unpaired) electrons. The molecule has 2 unspecified atom stereocenters. The second-order valence-electron chi connectivity index (χ2n) is 6.47. The average Bonchev–Trinajstić information content (AvgIpc) is 2.79. The summed E-state index contributed by atoms with van der Waals surface area (Å²) in [6, 6.07) is 7.93. The molecule has 2 saturated heterocycles. The van der Waals surface area contributed by atoms with E-state index in [0.29, 0.717) is 12.1 Å². The molecule has 2 atom stereocenters. The molecule has 3 nitrogen and oxygen atoms in total. The van der Waals surface area contributed by atoms with Crippen LogP contribution in [0.1, 0.15) is 46.0 Å². The number of nitrogens with two attached hydrogens (primary N) is 1. The van der Waals surface area contributed by atoms with Crippen LogP contribution in [0.15, 0.2) is 18.2 Å². The Morgan fingerprint density at radius 2 is 1.65 bits per heavy atom. The van der Waals surface area contributed by atoms with Crippen molar-refractivity contribution in [3.63, 3.8) is 0 Å². The zero-order valence-electron chi connectivity index (χ0n) is 12.8. The van der Waals surface area contributed by atoms with Crippen LogP contribution in [0, 0.1) is 0 Å². The van der Waals surface area contributed by atoms with Gasteiger partial charge < -0.3 is 15.5 Å². The van der Waals surface area contributed by atoms with Crippen molar-refractivity contribution in [1.29, 1.82) is 0 Å². The number of hydrogen-bond acceptors (Lipinski definition) is 3. The molecule has 2 aliphatic heterocycles. The number of nitrogens with zero attached hydrogens (tertiary/aromatic N) is 2. The van der Waals surface area contributed by atoms with Crippen LogP contribution in [0.5, 0.6) is 0 Å². The van der Waals surface area contributed by atoms with E-state index in [1.807, 2.05) is 0 Å². The second-order valence-corrected chi connectivity index (χ2v) is 6.47. The first-order valence-electron chi connectivity index (χ1n) is 8.09. The van der Waals surface area contributed by atoms with Gasteiger partial charge in [0.05, 0.1) is 11.4 Å². The standard InChI is InChI=1S/C17H27N3/c1-13-6-7-14(2)20(13)15-8-9-17(16(18)12-15)19-10-4-3-5-11-19/h8-9,12-14H,3-7,10-11,18H2,1-2H3. The lowest BCUT2D eigenvalue weighted by atomic mass is 10.1. The summed E-state index contributed by atoms with van der Waals surface area (Å²) < 4.78 is 0. The van der Waals surface area contributed by atoms with Crippen LogP contribution in [0.25, 0.3) is 0 Å². The Bertz CT molecular complexity index is 455. The van der Waals surface area contributed by atoms with E-state index in [1.165, 1.54) is 43.5 Å². The highest BCUT2D eigenvalue weighted by molar-refractivity contribution is 5.73. The summed E-state index contributed by atoms with van der Waals surface area (Å²) in [5.41, 5.74) is 9.80. The first kappa shape index (κ1) is 13.6. The minimum absolute atomic E-state index is 0.630. The van der Waals surface area contributed by atoms with Crippen molar-refractivity contribution in [3.05, 3.63) is 18.2 Å². The van der Waals surface area contributed by atoms with Gasteiger partial charge in [-0.05, 0) is 64.2 Å². The van der Waals surface area contributed by atoms with E-state index >= 15 is 0 Å². The minimum Gasteiger partial charge on any atom is -0.397 e. The molecule has 20 heavy (non-hydrogen) atoms. The van der Waals surface area contributed by atoms with Gasteiger partial charge in [-0.1, -0.05) is 0 Å². The van der Waals surface area contributed by atoms with Gasteiger partial charge in [-0.2, -0.15) is 0 Å². The maximum Gasteiger partial charge on any atom is 0.0601 e. The molecule has 1 aromatic carbocycles. The van der Waals surface area contributed by atoms with Crippen molar-refractivity contribution >= 4 is 17.1 Å². The highest BCUT2D eigenvalue weighted by Crippen LogP contribution is 2.35. The van der Waals surface area contributed by atoms with E-state index in [1.54, 1.807) is 0 Å².